The van der Waals surface area contributed by atoms with E-state index < -0.39 is 0 Å². The van der Waals surface area contributed by atoms with Crippen LogP contribution in [0.25, 0.3) is 0 Å². The molecule has 0 saturated heterocycles. The van der Waals surface area contributed by atoms with E-state index in [1.807, 2.05) is 5.92 Å². The molecule has 51 valence electrons. The van der Waals surface area contributed by atoms with Crippen molar-refractivity contribution in [3.63, 3.8) is 0 Å². The first kappa shape index (κ1) is 5.76. The van der Waals surface area contributed by atoms with Gasteiger partial charge in [-0.3, -0.25) is 0 Å². The van der Waals surface area contributed by atoms with Crippen LogP contribution in [0.5, 0.6) is 0 Å². The molecule has 0 amide bonds. The van der Waals surface area contributed by atoms with E-state index in [4.69, 9.17) is 0 Å². The first-order valence-corrected chi connectivity index (χ1v) is 4.06. The Labute approximate surface area is 57.6 Å². The largest absolute Gasteiger partial charge is 0.0591 e. The van der Waals surface area contributed by atoms with Crippen molar-refractivity contribution in [2.45, 2.75) is 39.5 Å². The molecular formula is C9H15. The molecular weight excluding hydrogens is 108 g/mol. The summed E-state index contributed by atoms with van der Waals surface area (Å²) >= 11 is 0. The van der Waals surface area contributed by atoms with Crippen molar-refractivity contribution in [3.05, 3.63) is 5.92 Å². The lowest BCUT2D eigenvalue weighted by Crippen LogP contribution is -2.14. The molecule has 0 N–H and O–H groups in total. The third-order valence-corrected chi connectivity index (χ3v) is 3.52. The van der Waals surface area contributed by atoms with E-state index in [0.717, 1.165) is 5.92 Å². The van der Waals surface area contributed by atoms with Crippen LogP contribution < -0.4 is 0 Å². The van der Waals surface area contributed by atoms with Gasteiger partial charge < -0.3 is 0 Å². The highest BCUT2D eigenvalue weighted by Gasteiger charge is 2.47. The van der Waals surface area contributed by atoms with Gasteiger partial charge >= 0.3 is 0 Å². The van der Waals surface area contributed by atoms with Gasteiger partial charge in [0.15, 0.2) is 0 Å². The second kappa shape index (κ2) is 1.53. The average Bonchev–Trinajstić information content (AvgIpc) is 2.24. The summed E-state index contributed by atoms with van der Waals surface area (Å²) in [4.78, 5) is 0. The molecule has 2 fully saturated rings. The number of hydrogen-bond donors (Lipinski definition) is 0. The van der Waals surface area contributed by atoms with Crippen LogP contribution in [-0.4, -0.2) is 0 Å². The van der Waals surface area contributed by atoms with Gasteiger partial charge in [0, 0.05) is 0 Å². The van der Waals surface area contributed by atoms with Gasteiger partial charge in [0.25, 0.3) is 0 Å². The third-order valence-electron chi connectivity index (χ3n) is 3.52. The van der Waals surface area contributed by atoms with Crippen molar-refractivity contribution >= 4 is 0 Å². The van der Waals surface area contributed by atoms with Gasteiger partial charge in [0.2, 0.25) is 0 Å². The zero-order valence-corrected chi connectivity index (χ0v) is 6.41. The Kier molecular flexibility index (Phi) is 0.980. The van der Waals surface area contributed by atoms with E-state index in [0.29, 0.717) is 5.41 Å². The fourth-order valence-corrected chi connectivity index (χ4v) is 2.62. The van der Waals surface area contributed by atoms with Crippen LogP contribution in [0.4, 0.5) is 0 Å². The Balaban J connectivity index is 2.26. The van der Waals surface area contributed by atoms with Gasteiger partial charge in [-0.15, -0.1) is 0 Å². The zero-order valence-electron chi connectivity index (χ0n) is 6.41. The maximum atomic E-state index is 2.42. The zero-order chi connectivity index (χ0) is 6.48. The van der Waals surface area contributed by atoms with Gasteiger partial charge in [-0.1, -0.05) is 13.8 Å². The summed E-state index contributed by atoms with van der Waals surface area (Å²) in [6, 6.07) is 0. The molecule has 0 heterocycles. The molecule has 0 spiro atoms. The van der Waals surface area contributed by atoms with Crippen molar-refractivity contribution in [1.82, 2.24) is 0 Å². The second-order valence-electron chi connectivity index (χ2n) is 4.10. The quantitative estimate of drug-likeness (QED) is 0.464. The minimum Gasteiger partial charge on any atom is -0.0591 e. The third kappa shape index (κ3) is 0.595. The lowest BCUT2D eigenvalue weighted by molar-refractivity contribution is 0.327. The maximum absolute atomic E-state index is 2.42. The molecule has 9 heavy (non-hydrogen) atoms. The molecule has 0 aromatic rings. The molecule has 0 aliphatic heterocycles. The van der Waals surface area contributed by atoms with Crippen LogP contribution in [-0.2, 0) is 0 Å². The highest BCUT2D eigenvalue weighted by molar-refractivity contribution is 5.16. The Hall–Kier alpha value is 0. The van der Waals surface area contributed by atoms with Crippen LogP contribution in [0.15, 0.2) is 0 Å². The summed E-state index contributed by atoms with van der Waals surface area (Å²) in [7, 11) is 0. The molecule has 0 aromatic carbocycles. The van der Waals surface area contributed by atoms with E-state index in [1.165, 1.54) is 25.7 Å². The van der Waals surface area contributed by atoms with Gasteiger partial charge in [-0.2, -0.15) is 0 Å². The highest BCUT2D eigenvalue weighted by Crippen LogP contribution is 2.58. The maximum Gasteiger partial charge on any atom is -0.0182 e. The van der Waals surface area contributed by atoms with Crippen LogP contribution in [0.3, 0.4) is 0 Å². The molecule has 0 heteroatoms. The molecule has 0 nitrogen and oxygen atoms in total. The van der Waals surface area contributed by atoms with Gasteiger partial charge in [-0.25, -0.2) is 0 Å². The summed E-state index contributed by atoms with van der Waals surface area (Å²) in [5.74, 6) is 2.90. The van der Waals surface area contributed by atoms with Gasteiger partial charge in [0.05, 0.1) is 0 Å². The standard InChI is InChI=1S/C9H15/c1-9(2)7-3-4-8(9)6-5-7/h7H,3-6H2,1-2H3. The Bertz CT molecular complexity index is 102. The normalized spacial score (nSPS) is 34.0. The van der Waals surface area contributed by atoms with E-state index in [9.17, 15) is 0 Å². The Morgan fingerprint density at radius 2 is 1.78 bits per heavy atom. The second-order valence-corrected chi connectivity index (χ2v) is 4.10. The van der Waals surface area contributed by atoms with Crippen molar-refractivity contribution in [2.75, 3.05) is 0 Å². The van der Waals surface area contributed by atoms with Crippen molar-refractivity contribution in [1.29, 1.82) is 0 Å². The van der Waals surface area contributed by atoms with E-state index in [-0.39, 0.29) is 0 Å². The van der Waals surface area contributed by atoms with Crippen LogP contribution in [0, 0.1) is 17.3 Å². The smallest absolute Gasteiger partial charge is 0.0182 e. The summed E-state index contributed by atoms with van der Waals surface area (Å²) in [5.41, 5.74) is 0.639. The summed E-state index contributed by atoms with van der Waals surface area (Å²) in [6.07, 6.45) is 5.86. The minimum atomic E-state index is 0.639. The predicted molar refractivity (Wildman–Crippen MR) is 39.0 cm³/mol. The molecule has 0 atom stereocenters. The highest BCUT2D eigenvalue weighted by atomic mass is 14.5. The number of fused-ring (bicyclic) bond motifs is 2. The molecule has 0 unspecified atom stereocenters. The summed E-state index contributed by atoms with van der Waals surface area (Å²) < 4.78 is 0. The molecule has 2 rings (SSSR count). The van der Waals surface area contributed by atoms with Crippen LogP contribution in [0.1, 0.15) is 39.5 Å². The molecule has 0 aromatic heterocycles. The van der Waals surface area contributed by atoms with Crippen LogP contribution >= 0.6 is 0 Å². The predicted octanol–water partition coefficient (Wildman–Crippen LogP) is 2.79. The number of hydrogen-bond acceptors (Lipinski definition) is 0. The van der Waals surface area contributed by atoms with Gasteiger partial charge in [0.1, 0.15) is 0 Å². The average molecular weight is 123 g/mol. The monoisotopic (exact) mass is 123 g/mol. The molecule has 1 radical (unpaired) electrons. The lowest BCUT2D eigenvalue weighted by Gasteiger charge is -2.22. The number of rotatable bonds is 0. The molecule has 2 aliphatic rings. The molecule has 2 aliphatic carbocycles. The Morgan fingerprint density at radius 1 is 1.22 bits per heavy atom. The Morgan fingerprint density at radius 3 is 1.89 bits per heavy atom. The van der Waals surface area contributed by atoms with E-state index in [1.54, 1.807) is 0 Å². The first-order valence-electron chi connectivity index (χ1n) is 4.06. The van der Waals surface area contributed by atoms with E-state index >= 15 is 0 Å². The lowest BCUT2D eigenvalue weighted by atomic mass is 9.82. The topological polar surface area (TPSA) is 0 Å². The van der Waals surface area contributed by atoms with Crippen molar-refractivity contribution in [2.24, 2.45) is 11.3 Å². The van der Waals surface area contributed by atoms with Crippen molar-refractivity contribution in [3.8, 4) is 0 Å². The van der Waals surface area contributed by atoms with Crippen LogP contribution in [0.2, 0.25) is 0 Å². The fourth-order valence-electron chi connectivity index (χ4n) is 2.62. The SMILES string of the molecule is CC1(C)[C]2CCC1CC2. The van der Waals surface area contributed by atoms with Crippen molar-refractivity contribution < 1.29 is 0 Å². The summed E-state index contributed by atoms with van der Waals surface area (Å²) in [5, 5.41) is 0. The fraction of sp³-hybridized carbons (Fsp3) is 0.889. The molecule has 2 bridgehead atoms. The minimum absolute atomic E-state index is 0.639. The van der Waals surface area contributed by atoms with E-state index in [2.05, 4.69) is 13.8 Å². The summed E-state index contributed by atoms with van der Waals surface area (Å²) in [6.45, 7) is 4.85. The van der Waals surface area contributed by atoms with Gasteiger partial charge in [-0.05, 0) is 42.9 Å². The first-order chi connectivity index (χ1) is 4.21. The molecule has 2 saturated carbocycles.